The Morgan fingerprint density at radius 3 is 1.61 bits per heavy atom. The molecule has 3 nitrogen and oxygen atoms in total. The highest BCUT2D eigenvalue weighted by molar-refractivity contribution is 6.11. The molecule has 0 saturated heterocycles. The lowest BCUT2D eigenvalue weighted by molar-refractivity contribution is 0.670. The van der Waals surface area contributed by atoms with Crippen LogP contribution in [0, 0.1) is 0 Å². The van der Waals surface area contributed by atoms with Gasteiger partial charge < -0.3 is 13.9 Å². The first-order valence-electron chi connectivity index (χ1n) is 19.4. The SMILES string of the molecule is c1ccc(N(c2ccc(-c3ccccc3-c3ccccc3-n3c4ccccc4c4ccccc43)cc2)c2ccccc2-c2cccc3c2oc2ccccc23)cc1. The van der Waals surface area contributed by atoms with E-state index in [4.69, 9.17) is 4.42 Å². The standard InChI is InChI=1S/C54H36N2O/c1-2-17-38(18-3-1)55(49-28-11-9-24-45(49)47-26-16-27-48-46-25-10-15-32-53(46)57-54(47)48)39-35-33-37(34-36-39)40-19-4-5-20-41(40)42-21-6-12-29-50(42)56-51-30-13-7-22-43(51)44-23-8-14-31-52(44)56/h1-36H. The summed E-state index contributed by atoms with van der Waals surface area (Å²) in [5.41, 5.74) is 15.4. The second-order valence-corrected chi connectivity index (χ2v) is 14.4. The molecule has 0 spiro atoms. The minimum absolute atomic E-state index is 0.894. The van der Waals surface area contributed by atoms with Gasteiger partial charge in [0.05, 0.1) is 22.4 Å². The highest BCUT2D eigenvalue weighted by Crippen LogP contribution is 2.45. The molecule has 268 valence electrons. The van der Waals surface area contributed by atoms with Crippen LogP contribution in [0.3, 0.4) is 0 Å². The van der Waals surface area contributed by atoms with E-state index in [-0.39, 0.29) is 0 Å². The number of para-hydroxylation sites is 7. The van der Waals surface area contributed by atoms with Crippen LogP contribution in [0.25, 0.3) is 82.8 Å². The van der Waals surface area contributed by atoms with Crippen molar-refractivity contribution in [2.45, 2.75) is 0 Å². The molecule has 0 aliphatic rings. The van der Waals surface area contributed by atoms with Gasteiger partial charge in [-0.05, 0) is 71.3 Å². The molecule has 2 aromatic heterocycles. The number of nitrogens with zero attached hydrogens (tertiary/aromatic N) is 2. The number of hydrogen-bond acceptors (Lipinski definition) is 2. The van der Waals surface area contributed by atoms with E-state index in [2.05, 4.69) is 216 Å². The lowest BCUT2D eigenvalue weighted by Gasteiger charge is -2.28. The van der Waals surface area contributed by atoms with Crippen LogP contribution >= 0.6 is 0 Å². The fourth-order valence-electron chi connectivity index (χ4n) is 8.70. The molecular weight excluding hydrogens is 693 g/mol. The molecule has 0 unspecified atom stereocenters. The lowest BCUT2D eigenvalue weighted by Crippen LogP contribution is -2.11. The quantitative estimate of drug-likeness (QED) is 0.163. The highest BCUT2D eigenvalue weighted by atomic mass is 16.3. The van der Waals surface area contributed by atoms with Gasteiger partial charge in [0, 0.05) is 49.6 Å². The molecule has 0 N–H and O–H groups in total. The minimum atomic E-state index is 0.894. The molecule has 0 bridgehead atoms. The van der Waals surface area contributed by atoms with Crippen LogP contribution in [0.15, 0.2) is 223 Å². The van der Waals surface area contributed by atoms with Crippen LogP contribution in [0.5, 0.6) is 0 Å². The molecule has 9 aromatic carbocycles. The molecule has 0 atom stereocenters. The van der Waals surface area contributed by atoms with Gasteiger partial charge in [-0.15, -0.1) is 0 Å². The number of aromatic nitrogens is 1. The highest BCUT2D eigenvalue weighted by Gasteiger charge is 2.21. The number of benzene rings is 9. The van der Waals surface area contributed by atoms with E-state index < -0.39 is 0 Å². The number of furan rings is 1. The number of anilines is 3. The first-order valence-corrected chi connectivity index (χ1v) is 19.4. The maximum absolute atomic E-state index is 6.55. The first kappa shape index (κ1) is 32.8. The van der Waals surface area contributed by atoms with Gasteiger partial charge in [0.2, 0.25) is 0 Å². The van der Waals surface area contributed by atoms with Crippen LogP contribution < -0.4 is 4.90 Å². The van der Waals surface area contributed by atoms with Gasteiger partial charge in [0.1, 0.15) is 11.2 Å². The van der Waals surface area contributed by atoms with Crippen molar-refractivity contribution in [3.8, 4) is 39.1 Å². The molecule has 3 heteroatoms. The molecule has 0 aliphatic heterocycles. The van der Waals surface area contributed by atoms with Gasteiger partial charge >= 0.3 is 0 Å². The van der Waals surface area contributed by atoms with Crippen LogP contribution in [-0.4, -0.2) is 4.57 Å². The van der Waals surface area contributed by atoms with Crippen molar-refractivity contribution in [3.63, 3.8) is 0 Å². The maximum atomic E-state index is 6.55. The molecule has 0 fully saturated rings. The molecule has 0 amide bonds. The Labute approximate surface area is 330 Å². The topological polar surface area (TPSA) is 21.3 Å². The van der Waals surface area contributed by atoms with Crippen molar-refractivity contribution in [2.24, 2.45) is 0 Å². The second-order valence-electron chi connectivity index (χ2n) is 14.4. The van der Waals surface area contributed by atoms with Crippen LogP contribution in [0.2, 0.25) is 0 Å². The maximum Gasteiger partial charge on any atom is 0.143 e. The van der Waals surface area contributed by atoms with Gasteiger partial charge in [0.25, 0.3) is 0 Å². The van der Waals surface area contributed by atoms with Crippen molar-refractivity contribution < 1.29 is 4.42 Å². The fraction of sp³-hybridized carbons (Fsp3) is 0. The Kier molecular flexibility index (Phi) is 7.82. The third-order valence-electron chi connectivity index (χ3n) is 11.2. The summed E-state index contributed by atoms with van der Waals surface area (Å²) in [6.07, 6.45) is 0. The summed E-state index contributed by atoms with van der Waals surface area (Å²) in [6.45, 7) is 0. The molecule has 11 rings (SSSR count). The van der Waals surface area contributed by atoms with Crippen LogP contribution in [0.4, 0.5) is 17.1 Å². The molecule has 0 aliphatic carbocycles. The Hall–Kier alpha value is -7.62. The summed E-state index contributed by atoms with van der Waals surface area (Å²) in [5, 5.41) is 4.75. The molecule has 0 saturated carbocycles. The van der Waals surface area contributed by atoms with E-state index in [1.807, 2.05) is 12.1 Å². The third-order valence-corrected chi connectivity index (χ3v) is 11.2. The summed E-state index contributed by atoms with van der Waals surface area (Å²) in [5.74, 6) is 0. The minimum Gasteiger partial charge on any atom is -0.455 e. The van der Waals surface area contributed by atoms with Crippen molar-refractivity contribution in [2.75, 3.05) is 4.90 Å². The number of rotatable bonds is 7. The average molecular weight is 729 g/mol. The average Bonchev–Trinajstić information content (AvgIpc) is 3.84. The summed E-state index contributed by atoms with van der Waals surface area (Å²) in [4.78, 5) is 2.35. The van der Waals surface area contributed by atoms with Gasteiger partial charge in [-0.1, -0.05) is 164 Å². The summed E-state index contributed by atoms with van der Waals surface area (Å²) in [6, 6.07) is 78.0. The second kappa shape index (κ2) is 13.6. The van der Waals surface area contributed by atoms with Crippen molar-refractivity contribution in [1.82, 2.24) is 4.57 Å². The summed E-state index contributed by atoms with van der Waals surface area (Å²) >= 11 is 0. The van der Waals surface area contributed by atoms with Crippen molar-refractivity contribution in [1.29, 1.82) is 0 Å². The van der Waals surface area contributed by atoms with E-state index in [1.165, 1.54) is 38.5 Å². The van der Waals surface area contributed by atoms with E-state index in [9.17, 15) is 0 Å². The van der Waals surface area contributed by atoms with E-state index in [0.29, 0.717) is 0 Å². The number of hydrogen-bond donors (Lipinski definition) is 0. The summed E-state index contributed by atoms with van der Waals surface area (Å²) < 4.78 is 8.97. The molecule has 11 aromatic rings. The van der Waals surface area contributed by atoms with E-state index in [1.54, 1.807) is 0 Å². The van der Waals surface area contributed by atoms with Gasteiger partial charge in [-0.25, -0.2) is 0 Å². The molecular formula is C54H36N2O. The van der Waals surface area contributed by atoms with E-state index in [0.717, 1.165) is 61.4 Å². The Morgan fingerprint density at radius 1 is 0.333 bits per heavy atom. The predicted octanol–water partition coefficient (Wildman–Crippen LogP) is 15.2. The van der Waals surface area contributed by atoms with Gasteiger partial charge in [0.15, 0.2) is 0 Å². The lowest BCUT2D eigenvalue weighted by atomic mass is 9.93. The largest absolute Gasteiger partial charge is 0.455 e. The smallest absolute Gasteiger partial charge is 0.143 e. The zero-order chi connectivity index (χ0) is 37.7. The molecule has 0 radical (unpaired) electrons. The molecule has 57 heavy (non-hydrogen) atoms. The zero-order valence-electron chi connectivity index (χ0n) is 31.1. The van der Waals surface area contributed by atoms with Crippen LogP contribution in [0.1, 0.15) is 0 Å². The van der Waals surface area contributed by atoms with Crippen molar-refractivity contribution >= 4 is 60.8 Å². The van der Waals surface area contributed by atoms with Crippen LogP contribution in [-0.2, 0) is 0 Å². The Bertz CT molecular complexity index is 3190. The normalized spacial score (nSPS) is 11.5. The molecule has 2 heterocycles. The fourth-order valence-corrected chi connectivity index (χ4v) is 8.70. The number of fused-ring (bicyclic) bond motifs is 6. The predicted molar refractivity (Wildman–Crippen MR) is 239 cm³/mol. The van der Waals surface area contributed by atoms with E-state index >= 15 is 0 Å². The monoisotopic (exact) mass is 728 g/mol. The first-order chi connectivity index (χ1) is 28.3. The van der Waals surface area contributed by atoms with Gasteiger partial charge in [-0.3, -0.25) is 0 Å². The third kappa shape index (κ3) is 5.43. The summed E-state index contributed by atoms with van der Waals surface area (Å²) in [7, 11) is 0. The van der Waals surface area contributed by atoms with Gasteiger partial charge in [-0.2, -0.15) is 0 Å². The van der Waals surface area contributed by atoms with Crippen molar-refractivity contribution in [3.05, 3.63) is 218 Å². The Balaban J connectivity index is 1.04. The Morgan fingerprint density at radius 2 is 0.860 bits per heavy atom. The zero-order valence-corrected chi connectivity index (χ0v) is 31.1.